The fourth-order valence-corrected chi connectivity index (χ4v) is 3.30. The number of H-pyrrole nitrogens is 1. The van der Waals surface area contributed by atoms with Crippen LogP contribution in [0.3, 0.4) is 0 Å². The Kier molecular flexibility index (Phi) is 4.20. The van der Waals surface area contributed by atoms with Crippen molar-refractivity contribution in [2.75, 3.05) is 6.54 Å². The number of nitrogens with zero attached hydrogens (tertiary/aromatic N) is 1. The van der Waals surface area contributed by atoms with Crippen molar-refractivity contribution < 1.29 is 0 Å². The van der Waals surface area contributed by atoms with Gasteiger partial charge < -0.3 is 4.98 Å². The molecule has 0 bridgehead atoms. The molecule has 1 aliphatic rings. The summed E-state index contributed by atoms with van der Waals surface area (Å²) in [7, 11) is 0. The van der Waals surface area contributed by atoms with Crippen LogP contribution in [0.25, 0.3) is 0 Å². The highest BCUT2D eigenvalue weighted by molar-refractivity contribution is 5.24. The number of nitrogens with one attached hydrogen (secondary N) is 1. The summed E-state index contributed by atoms with van der Waals surface area (Å²) in [6, 6.07) is 14.7. The maximum atomic E-state index is 11.4. The van der Waals surface area contributed by atoms with Gasteiger partial charge in [-0.3, -0.25) is 9.69 Å². The van der Waals surface area contributed by atoms with Gasteiger partial charge in [-0.2, -0.15) is 0 Å². The molecule has 3 heteroatoms. The third-order valence-corrected chi connectivity index (χ3v) is 4.36. The third kappa shape index (κ3) is 3.24. The summed E-state index contributed by atoms with van der Waals surface area (Å²) in [6.07, 6.45) is 3.68. The van der Waals surface area contributed by atoms with Gasteiger partial charge in [-0.05, 0) is 37.4 Å². The van der Waals surface area contributed by atoms with E-state index in [1.54, 1.807) is 6.07 Å². The highest BCUT2D eigenvalue weighted by Crippen LogP contribution is 2.32. The van der Waals surface area contributed by atoms with Crippen LogP contribution in [-0.4, -0.2) is 16.4 Å². The van der Waals surface area contributed by atoms with Gasteiger partial charge in [0.2, 0.25) is 5.56 Å². The van der Waals surface area contributed by atoms with E-state index in [0.717, 1.165) is 18.8 Å². The van der Waals surface area contributed by atoms with Crippen LogP contribution in [-0.2, 0) is 6.54 Å². The van der Waals surface area contributed by atoms with Crippen LogP contribution in [0.2, 0.25) is 0 Å². The Morgan fingerprint density at radius 3 is 2.71 bits per heavy atom. The van der Waals surface area contributed by atoms with E-state index >= 15 is 0 Å². The molecule has 1 aromatic carbocycles. The highest BCUT2D eigenvalue weighted by Gasteiger charge is 2.25. The van der Waals surface area contributed by atoms with Gasteiger partial charge in [-0.1, -0.05) is 42.8 Å². The van der Waals surface area contributed by atoms with Crippen LogP contribution in [0.5, 0.6) is 0 Å². The second-order valence-corrected chi connectivity index (χ2v) is 5.87. The van der Waals surface area contributed by atoms with Crippen LogP contribution in [0.1, 0.15) is 42.1 Å². The molecule has 1 unspecified atom stereocenters. The molecule has 3 rings (SSSR count). The summed E-state index contributed by atoms with van der Waals surface area (Å²) in [5, 5.41) is 0. The molecule has 1 aliphatic heterocycles. The van der Waals surface area contributed by atoms with Crippen molar-refractivity contribution >= 4 is 0 Å². The monoisotopic (exact) mass is 282 g/mol. The fraction of sp³-hybridized carbons (Fsp3) is 0.389. The molecular formula is C18H22N2O. The molecule has 1 aromatic heterocycles. The Balaban J connectivity index is 1.86. The summed E-state index contributed by atoms with van der Waals surface area (Å²) in [6.45, 7) is 4.11. The van der Waals surface area contributed by atoms with Gasteiger partial charge in [0.1, 0.15) is 0 Å². The smallest absolute Gasteiger partial charge is 0.248 e. The minimum Gasteiger partial charge on any atom is -0.326 e. The molecule has 3 nitrogen and oxygen atoms in total. The molecule has 2 heterocycles. The third-order valence-electron chi connectivity index (χ3n) is 4.36. The number of rotatable bonds is 3. The summed E-state index contributed by atoms with van der Waals surface area (Å²) < 4.78 is 0. The number of likely N-dealkylation sites (tertiary alicyclic amines) is 1. The number of hydrogen-bond acceptors (Lipinski definition) is 2. The van der Waals surface area contributed by atoms with Gasteiger partial charge in [-0.15, -0.1) is 0 Å². The summed E-state index contributed by atoms with van der Waals surface area (Å²) in [5.74, 6) is 0. The minimum absolute atomic E-state index is 0.0123. The van der Waals surface area contributed by atoms with E-state index in [0.29, 0.717) is 6.04 Å². The number of benzene rings is 1. The van der Waals surface area contributed by atoms with Gasteiger partial charge in [0.15, 0.2) is 0 Å². The zero-order valence-electron chi connectivity index (χ0n) is 12.5. The van der Waals surface area contributed by atoms with Crippen molar-refractivity contribution in [3.8, 4) is 0 Å². The minimum atomic E-state index is -0.0123. The highest BCUT2D eigenvalue weighted by atomic mass is 16.1. The van der Waals surface area contributed by atoms with Gasteiger partial charge in [0.25, 0.3) is 0 Å². The average Bonchev–Trinajstić information content (AvgIpc) is 2.49. The van der Waals surface area contributed by atoms with E-state index in [2.05, 4.69) is 40.2 Å². The van der Waals surface area contributed by atoms with Crippen molar-refractivity contribution in [3.05, 3.63) is 69.6 Å². The second-order valence-electron chi connectivity index (χ2n) is 5.87. The average molecular weight is 282 g/mol. The number of hydrogen-bond donors (Lipinski definition) is 1. The number of piperidine rings is 1. The van der Waals surface area contributed by atoms with Crippen molar-refractivity contribution in [1.82, 2.24) is 9.88 Å². The molecule has 0 amide bonds. The molecule has 0 saturated carbocycles. The van der Waals surface area contributed by atoms with E-state index in [-0.39, 0.29) is 5.56 Å². The number of aryl methyl sites for hydroxylation is 1. The molecule has 0 aliphatic carbocycles. The van der Waals surface area contributed by atoms with Crippen molar-refractivity contribution in [2.24, 2.45) is 0 Å². The molecule has 1 N–H and O–H groups in total. The SMILES string of the molecule is Cc1[nH]c(=O)ccc1C1CCCCN1Cc1ccccc1. The van der Waals surface area contributed by atoms with E-state index in [4.69, 9.17) is 0 Å². The van der Waals surface area contributed by atoms with Crippen molar-refractivity contribution in [2.45, 2.75) is 38.8 Å². The molecular weight excluding hydrogens is 260 g/mol. The van der Waals surface area contributed by atoms with Gasteiger partial charge >= 0.3 is 0 Å². The van der Waals surface area contributed by atoms with E-state index in [1.165, 1.54) is 30.4 Å². The van der Waals surface area contributed by atoms with Crippen LogP contribution in [0.4, 0.5) is 0 Å². The Labute approximate surface area is 125 Å². The first-order valence-corrected chi connectivity index (χ1v) is 7.72. The lowest BCUT2D eigenvalue weighted by Crippen LogP contribution is -2.33. The molecule has 0 spiro atoms. The zero-order chi connectivity index (χ0) is 14.7. The summed E-state index contributed by atoms with van der Waals surface area (Å²) in [5.41, 5.74) is 3.62. The molecule has 0 radical (unpaired) electrons. The lowest BCUT2D eigenvalue weighted by Gasteiger charge is -2.36. The zero-order valence-corrected chi connectivity index (χ0v) is 12.5. The van der Waals surface area contributed by atoms with E-state index < -0.39 is 0 Å². The van der Waals surface area contributed by atoms with Crippen LogP contribution in [0, 0.1) is 6.92 Å². The van der Waals surface area contributed by atoms with Crippen LogP contribution < -0.4 is 5.56 Å². The molecule has 2 aromatic rings. The molecule has 1 atom stereocenters. The number of aromatic amines is 1. The Morgan fingerprint density at radius 2 is 1.95 bits per heavy atom. The van der Waals surface area contributed by atoms with Gasteiger partial charge in [-0.25, -0.2) is 0 Å². The first-order valence-electron chi connectivity index (χ1n) is 7.72. The maximum Gasteiger partial charge on any atom is 0.248 e. The number of pyridine rings is 1. The van der Waals surface area contributed by atoms with Gasteiger partial charge in [0.05, 0.1) is 0 Å². The summed E-state index contributed by atoms with van der Waals surface area (Å²) in [4.78, 5) is 16.9. The standard InChI is InChI=1S/C18H22N2O/c1-14-16(10-11-18(21)19-14)17-9-5-6-12-20(17)13-15-7-3-2-4-8-15/h2-4,7-8,10-11,17H,5-6,9,12-13H2,1H3,(H,19,21). The van der Waals surface area contributed by atoms with Crippen molar-refractivity contribution in [1.29, 1.82) is 0 Å². The Hall–Kier alpha value is -1.87. The molecule has 110 valence electrons. The van der Waals surface area contributed by atoms with E-state index in [1.807, 2.05) is 13.0 Å². The molecule has 1 fully saturated rings. The lowest BCUT2D eigenvalue weighted by atomic mass is 9.94. The second kappa shape index (κ2) is 6.27. The summed E-state index contributed by atoms with van der Waals surface area (Å²) >= 11 is 0. The topological polar surface area (TPSA) is 36.1 Å². The predicted octanol–water partition coefficient (Wildman–Crippen LogP) is 3.41. The Morgan fingerprint density at radius 1 is 1.14 bits per heavy atom. The largest absolute Gasteiger partial charge is 0.326 e. The first kappa shape index (κ1) is 14.1. The fourth-order valence-electron chi connectivity index (χ4n) is 3.30. The van der Waals surface area contributed by atoms with Crippen molar-refractivity contribution in [3.63, 3.8) is 0 Å². The quantitative estimate of drug-likeness (QED) is 0.936. The molecule has 1 saturated heterocycles. The number of aromatic nitrogens is 1. The van der Waals surface area contributed by atoms with Gasteiger partial charge in [0, 0.05) is 24.3 Å². The predicted molar refractivity (Wildman–Crippen MR) is 85.2 cm³/mol. The maximum absolute atomic E-state index is 11.4. The lowest BCUT2D eigenvalue weighted by molar-refractivity contribution is 0.139. The first-order chi connectivity index (χ1) is 10.2. The van der Waals surface area contributed by atoms with Crippen LogP contribution in [0.15, 0.2) is 47.3 Å². The van der Waals surface area contributed by atoms with E-state index in [9.17, 15) is 4.79 Å². The van der Waals surface area contributed by atoms with Crippen LogP contribution >= 0.6 is 0 Å². The molecule has 21 heavy (non-hydrogen) atoms. The Bertz CT molecular complexity index is 648. The normalized spacial score (nSPS) is 19.6.